The zero-order valence-corrected chi connectivity index (χ0v) is 17.6. The van der Waals surface area contributed by atoms with Crippen molar-refractivity contribution in [1.29, 1.82) is 0 Å². The highest BCUT2D eigenvalue weighted by Crippen LogP contribution is 2.20. The third-order valence-corrected chi connectivity index (χ3v) is 5.89. The molecule has 2 aromatic carbocycles. The molecule has 7 nitrogen and oxygen atoms in total. The van der Waals surface area contributed by atoms with Gasteiger partial charge in [0.2, 0.25) is 10.0 Å². The van der Waals surface area contributed by atoms with Crippen molar-refractivity contribution in [2.75, 3.05) is 5.32 Å². The number of sulfonamides is 1. The third kappa shape index (κ3) is 5.49. The minimum Gasteiger partial charge on any atom is -0.480 e. The molecule has 1 amide bonds. The number of hydrogen-bond donors (Lipinski definition) is 2. The largest absolute Gasteiger partial charge is 0.480 e. The van der Waals surface area contributed by atoms with Crippen LogP contribution < -0.4 is 14.8 Å². The predicted octanol–water partition coefficient (Wildman–Crippen LogP) is 3.86. The van der Waals surface area contributed by atoms with E-state index in [0.29, 0.717) is 23.6 Å². The molecule has 0 spiro atoms. The molecule has 1 aromatic heterocycles. The van der Waals surface area contributed by atoms with Gasteiger partial charge in [0.25, 0.3) is 5.91 Å². The van der Waals surface area contributed by atoms with Crippen LogP contribution in [-0.2, 0) is 21.4 Å². The first-order valence-corrected chi connectivity index (χ1v) is 11.0. The molecule has 2 N–H and O–H groups in total. The number of nitrogens with one attached hydrogen (secondary N) is 2. The highest BCUT2D eigenvalue weighted by molar-refractivity contribution is 7.89. The van der Waals surface area contributed by atoms with Gasteiger partial charge in [-0.2, -0.15) is 0 Å². The summed E-state index contributed by atoms with van der Waals surface area (Å²) in [6, 6.07) is 16.8. The van der Waals surface area contributed by atoms with Crippen LogP contribution >= 0.6 is 0 Å². The number of carbonyl (C=O) groups excluding carboxylic acids is 1. The van der Waals surface area contributed by atoms with E-state index in [4.69, 9.17) is 9.15 Å². The Hall–Kier alpha value is -3.10. The van der Waals surface area contributed by atoms with Crippen molar-refractivity contribution in [2.45, 2.75) is 37.8 Å². The average molecular weight is 429 g/mol. The first-order valence-electron chi connectivity index (χ1n) is 9.54. The Labute approximate surface area is 176 Å². The summed E-state index contributed by atoms with van der Waals surface area (Å²) in [4.78, 5) is 12.7. The Morgan fingerprint density at radius 2 is 1.80 bits per heavy atom. The average Bonchev–Trinajstić information content (AvgIpc) is 3.26. The third-order valence-electron chi connectivity index (χ3n) is 4.47. The summed E-state index contributed by atoms with van der Waals surface area (Å²) in [6.45, 7) is 3.84. The first kappa shape index (κ1) is 21.6. The Bertz CT molecular complexity index is 1080. The molecule has 0 saturated heterocycles. The van der Waals surface area contributed by atoms with E-state index in [1.807, 2.05) is 38.1 Å². The summed E-state index contributed by atoms with van der Waals surface area (Å²) in [6.07, 6.45) is 1.31. The van der Waals surface area contributed by atoms with E-state index in [0.717, 1.165) is 5.56 Å². The van der Waals surface area contributed by atoms with E-state index < -0.39 is 16.1 Å². The second-order valence-corrected chi connectivity index (χ2v) is 8.46. The predicted molar refractivity (Wildman–Crippen MR) is 114 cm³/mol. The zero-order chi connectivity index (χ0) is 21.6. The van der Waals surface area contributed by atoms with Crippen LogP contribution in [0.5, 0.6) is 5.75 Å². The zero-order valence-electron chi connectivity index (χ0n) is 16.8. The summed E-state index contributed by atoms with van der Waals surface area (Å²) < 4.78 is 38.2. The number of furan rings is 1. The second kappa shape index (κ2) is 9.60. The Morgan fingerprint density at radius 3 is 2.43 bits per heavy atom. The van der Waals surface area contributed by atoms with E-state index in [-0.39, 0.29) is 17.3 Å². The van der Waals surface area contributed by atoms with Gasteiger partial charge in [0.05, 0.1) is 17.7 Å². The van der Waals surface area contributed by atoms with E-state index >= 15 is 0 Å². The van der Waals surface area contributed by atoms with Crippen molar-refractivity contribution in [2.24, 2.45) is 0 Å². The van der Waals surface area contributed by atoms with Crippen molar-refractivity contribution >= 4 is 21.6 Å². The molecule has 0 radical (unpaired) electrons. The summed E-state index contributed by atoms with van der Waals surface area (Å²) in [5.41, 5.74) is 1.43. The van der Waals surface area contributed by atoms with Crippen molar-refractivity contribution < 1.29 is 22.4 Å². The fourth-order valence-electron chi connectivity index (χ4n) is 2.77. The van der Waals surface area contributed by atoms with Gasteiger partial charge in [-0.1, -0.05) is 25.1 Å². The molecule has 0 aliphatic rings. The fraction of sp³-hybridized carbons (Fsp3) is 0.227. The Kier molecular flexibility index (Phi) is 6.91. The molecule has 1 unspecified atom stereocenters. The van der Waals surface area contributed by atoms with Crippen molar-refractivity contribution in [1.82, 2.24) is 4.72 Å². The molecule has 1 atom stereocenters. The van der Waals surface area contributed by atoms with Gasteiger partial charge in [-0.3, -0.25) is 4.79 Å². The molecule has 158 valence electrons. The highest BCUT2D eigenvalue weighted by atomic mass is 32.2. The van der Waals surface area contributed by atoms with Crippen LogP contribution in [0.25, 0.3) is 0 Å². The van der Waals surface area contributed by atoms with Gasteiger partial charge in [-0.25, -0.2) is 13.1 Å². The summed E-state index contributed by atoms with van der Waals surface area (Å²) in [7, 11) is -3.70. The number of rotatable bonds is 9. The molecule has 3 rings (SSSR count). The van der Waals surface area contributed by atoms with E-state index in [9.17, 15) is 13.2 Å². The first-order chi connectivity index (χ1) is 14.4. The maximum Gasteiger partial charge on any atom is 0.265 e. The van der Waals surface area contributed by atoms with Crippen molar-refractivity contribution in [3.63, 3.8) is 0 Å². The number of ether oxygens (including phenoxy) is 1. The number of anilines is 1. The van der Waals surface area contributed by atoms with Gasteiger partial charge in [-0.05, 0) is 61.4 Å². The lowest BCUT2D eigenvalue weighted by Crippen LogP contribution is -2.32. The van der Waals surface area contributed by atoms with E-state index in [1.165, 1.54) is 18.4 Å². The SMILES string of the molecule is CCC(Oc1ccccc1C)C(=O)Nc1ccc(S(=O)(=O)NCc2ccco2)cc1. The summed E-state index contributed by atoms with van der Waals surface area (Å²) in [5, 5.41) is 2.77. The normalized spacial score (nSPS) is 12.3. The molecular formula is C22H24N2O5S. The van der Waals surface area contributed by atoms with Gasteiger partial charge in [-0.15, -0.1) is 0 Å². The molecule has 0 fully saturated rings. The minimum atomic E-state index is -3.70. The standard InChI is InChI=1S/C22H24N2O5S/c1-3-20(29-21-9-5-4-7-16(21)2)22(25)24-17-10-12-19(13-11-17)30(26,27)23-15-18-8-6-14-28-18/h4-14,20,23H,3,15H2,1-2H3,(H,24,25). The second-order valence-electron chi connectivity index (χ2n) is 6.70. The van der Waals surface area contributed by atoms with Crippen LogP contribution in [0.3, 0.4) is 0 Å². The lowest BCUT2D eigenvalue weighted by molar-refractivity contribution is -0.122. The number of carbonyl (C=O) groups is 1. The Balaban J connectivity index is 1.62. The van der Waals surface area contributed by atoms with Gasteiger partial charge in [0.15, 0.2) is 6.10 Å². The molecule has 8 heteroatoms. The molecular weight excluding hydrogens is 404 g/mol. The molecule has 1 heterocycles. The molecule has 0 aliphatic carbocycles. The molecule has 0 aliphatic heterocycles. The summed E-state index contributed by atoms with van der Waals surface area (Å²) in [5.74, 6) is 0.873. The van der Waals surface area contributed by atoms with Crippen LogP contribution in [0.2, 0.25) is 0 Å². The quantitative estimate of drug-likeness (QED) is 0.539. The van der Waals surface area contributed by atoms with Crippen LogP contribution in [-0.4, -0.2) is 20.4 Å². The summed E-state index contributed by atoms with van der Waals surface area (Å²) >= 11 is 0. The van der Waals surface area contributed by atoms with Crippen LogP contribution in [0.1, 0.15) is 24.7 Å². The highest BCUT2D eigenvalue weighted by Gasteiger charge is 2.20. The van der Waals surface area contributed by atoms with E-state index in [2.05, 4.69) is 10.0 Å². The lowest BCUT2D eigenvalue weighted by Gasteiger charge is -2.18. The molecule has 0 saturated carbocycles. The number of para-hydroxylation sites is 1. The fourth-order valence-corrected chi connectivity index (χ4v) is 3.76. The van der Waals surface area contributed by atoms with Crippen LogP contribution in [0.4, 0.5) is 5.69 Å². The van der Waals surface area contributed by atoms with Crippen LogP contribution in [0.15, 0.2) is 76.2 Å². The molecule has 3 aromatic rings. The number of hydrogen-bond acceptors (Lipinski definition) is 5. The van der Waals surface area contributed by atoms with Gasteiger partial charge < -0.3 is 14.5 Å². The topological polar surface area (TPSA) is 97.6 Å². The molecule has 30 heavy (non-hydrogen) atoms. The minimum absolute atomic E-state index is 0.0578. The smallest absolute Gasteiger partial charge is 0.265 e. The number of benzene rings is 2. The van der Waals surface area contributed by atoms with Gasteiger partial charge in [0, 0.05) is 5.69 Å². The maximum absolute atomic E-state index is 12.6. The van der Waals surface area contributed by atoms with Crippen molar-refractivity contribution in [3.05, 3.63) is 78.3 Å². The van der Waals surface area contributed by atoms with Gasteiger partial charge >= 0.3 is 0 Å². The van der Waals surface area contributed by atoms with Gasteiger partial charge in [0.1, 0.15) is 11.5 Å². The monoisotopic (exact) mass is 428 g/mol. The van der Waals surface area contributed by atoms with Crippen molar-refractivity contribution in [3.8, 4) is 5.75 Å². The number of aryl methyl sites for hydroxylation is 1. The van der Waals surface area contributed by atoms with Crippen LogP contribution in [0, 0.1) is 6.92 Å². The maximum atomic E-state index is 12.6. The molecule has 0 bridgehead atoms. The Morgan fingerprint density at radius 1 is 1.07 bits per heavy atom. The van der Waals surface area contributed by atoms with E-state index in [1.54, 1.807) is 24.3 Å². The lowest BCUT2D eigenvalue weighted by atomic mass is 10.2. The number of amides is 1.